The van der Waals surface area contributed by atoms with Crippen LogP contribution in [0.25, 0.3) is 5.69 Å². The van der Waals surface area contributed by atoms with Crippen molar-refractivity contribution in [2.24, 2.45) is 0 Å². The fraction of sp³-hybridized carbons (Fsp3) is 0.333. The van der Waals surface area contributed by atoms with Gasteiger partial charge in [0.25, 0.3) is 0 Å². The van der Waals surface area contributed by atoms with Gasteiger partial charge < -0.3 is 9.88 Å². The maximum absolute atomic E-state index is 12.8. The predicted molar refractivity (Wildman–Crippen MR) is 103 cm³/mol. The summed E-state index contributed by atoms with van der Waals surface area (Å²) in [7, 11) is 0. The molecule has 0 radical (unpaired) electrons. The number of nitrogens with one attached hydrogen (secondary N) is 1. The molecule has 5 heteroatoms. The SMILES string of the molecule is Cc1ccccc1-n1ncc([C@@H](C)NC(=O)C(C)(C)n2cccc2)c1C. The number of aryl methyl sites for hydroxylation is 1. The third-order valence-corrected chi connectivity index (χ3v) is 5.01. The summed E-state index contributed by atoms with van der Waals surface area (Å²) in [6.07, 6.45) is 5.66. The first-order chi connectivity index (χ1) is 12.3. The molecule has 1 atom stereocenters. The Hall–Kier alpha value is -2.82. The minimum absolute atomic E-state index is 0.0239. The van der Waals surface area contributed by atoms with E-state index in [0.717, 1.165) is 22.5 Å². The Bertz CT molecular complexity index is 906. The highest BCUT2D eigenvalue weighted by atomic mass is 16.2. The molecule has 0 aliphatic carbocycles. The Labute approximate surface area is 154 Å². The summed E-state index contributed by atoms with van der Waals surface area (Å²) in [6.45, 7) is 9.93. The first kappa shape index (κ1) is 18.0. The molecule has 26 heavy (non-hydrogen) atoms. The number of benzene rings is 1. The minimum Gasteiger partial charge on any atom is -0.347 e. The van der Waals surface area contributed by atoms with E-state index in [-0.39, 0.29) is 11.9 Å². The minimum atomic E-state index is -0.655. The summed E-state index contributed by atoms with van der Waals surface area (Å²) in [5.41, 5.74) is 3.62. The van der Waals surface area contributed by atoms with E-state index >= 15 is 0 Å². The monoisotopic (exact) mass is 350 g/mol. The van der Waals surface area contributed by atoms with Crippen LogP contribution in [-0.4, -0.2) is 20.3 Å². The quantitative estimate of drug-likeness (QED) is 0.759. The lowest BCUT2D eigenvalue weighted by Gasteiger charge is -2.28. The second-order valence-electron chi connectivity index (χ2n) is 7.23. The summed E-state index contributed by atoms with van der Waals surface area (Å²) in [5.74, 6) is -0.0239. The Morgan fingerprint density at radius 1 is 1.12 bits per heavy atom. The van der Waals surface area contributed by atoms with Crippen LogP contribution < -0.4 is 5.32 Å². The number of carbonyl (C=O) groups is 1. The highest BCUT2D eigenvalue weighted by molar-refractivity contribution is 5.84. The van der Waals surface area contributed by atoms with Crippen molar-refractivity contribution >= 4 is 5.91 Å². The molecule has 136 valence electrons. The third-order valence-electron chi connectivity index (χ3n) is 5.01. The van der Waals surface area contributed by atoms with Crippen LogP contribution in [0.5, 0.6) is 0 Å². The molecule has 0 saturated carbocycles. The van der Waals surface area contributed by atoms with Gasteiger partial charge in [-0.25, -0.2) is 4.68 Å². The highest BCUT2D eigenvalue weighted by Crippen LogP contribution is 2.23. The average molecular weight is 350 g/mol. The van der Waals surface area contributed by atoms with Crippen molar-refractivity contribution < 1.29 is 4.79 Å². The fourth-order valence-electron chi connectivity index (χ4n) is 3.17. The molecule has 1 amide bonds. The lowest BCUT2D eigenvalue weighted by atomic mass is 10.0. The van der Waals surface area contributed by atoms with Gasteiger partial charge in [0.15, 0.2) is 0 Å². The molecular formula is C21H26N4O. The Morgan fingerprint density at radius 2 is 1.77 bits per heavy atom. The third kappa shape index (κ3) is 3.17. The summed E-state index contributed by atoms with van der Waals surface area (Å²) < 4.78 is 3.85. The molecule has 1 aromatic carbocycles. The first-order valence-electron chi connectivity index (χ1n) is 8.87. The Morgan fingerprint density at radius 3 is 2.42 bits per heavy atom. The van der Waals surface area contributed by atoms with Crippen molar-refractivity contribution in [3.05, 3.63) is 71.8 Å². The number of amides is 1. The molecular weight excluding hydrogens is 324 g/mol. The summed E-state index contributed by atoms with van der Waals surface area (Å²) >= 11 is 0. The maximum Gasteiger partial charge on any atom is 0.246 e. The molecule has 0 unspecified atom stereocenters. The molecule has 3 rings (SSSR count). The van der Waals surface area contributed by atoms with Gasteiger partial charge >= 0.3 is 0 Å². The second-order valence-corrected chi connectivity index (χ2v) is 7.23. The molecule has 0 spiro atoms. The van der Waals surface area contributed by atoms with Gasteiger partial charge in [-0.3, -0.25) is 4.79 Å². The van der Waals surface area contributed by atoms with Crippen LogP contribution in [0.15, 0.2) is 55.0 Å². The number of rotatable bonds is 5. The molecule has 0 bridgehead atoms. The summed E-state index contributed by atoms with van der Waals surface area (Å²) in [5, 5.41) is 7.68. The van der Waals surface area contributed by atoms with Crippen molar-refractivity contribution in [2.75, 3.05) is 0 Å². The fourth-order valence-corrected chi connectivity index (χ4v) is 3.17. The topological polar surface area (TPSA) is 51.9 Å². The first-order valence-corrected chi connectivity index (χ1v) is 8.87. The molecule has 2 heterocycles. The molecule has 0 aliphatic rings. The van der Waals surface area contributed by atoms with Gasteiger partial charge in [-0.2, -0.15) is 5.10 Å². The van der Waals surface area contributed by atoms with E-state index in [0.29, 0.717) is 0 Å². The number of hydrogen-bond donors (Lipinski definition) is 1. The van der Waals surface area contributed by atoms with Crippen LogP contribution >= 0.6 is 0 Å². The maximum atomic E-state index is 12.8. The predicted octanol–water partition coefficient (Wildman–Crippen LogP) is 3.90. The zero-order valence-electron chi connectivity index (χ0n) is 16.0. The van der Waals surface area contributed by atoms with Gasteiger partial charge in [-0.1, -0.05) is 18.2 Å². The van der Waals surface area contributed by atoms with E-state index in [1.54, 1.807) is 0 Å². The number of aromatic nitrogens is 3. The van der Waals surface area contributed by atoms with Gasteiger partial charge in [-0.15, -0.1) is 0 Å². The van der Waals surface area contributed by atoms with Crippen molar-refractivity contribution in [3.8, 4) is 5.69 Å². The van der Waals surface area contributed by atoms with Crippen LogP contribution in [0.1, 0.15) is 43.6 Å². The number of carbonyl (C=O) groups excluding carboxylic acids is 1. The Balaban J connectivity index is 1.82. The van der Waals surface area contributed by atoms with Gasteiger partial charge in [-0.05, 0) is 58.4 Å². The number of para-hydroxylation sites is 1. The molecule has 5 nitrogen and oxygen atoms in total. The normalized spacial score (nSPS) is 12.8. The van der Waals surface area contributed by atoms with Crippen LogP contribution in [0.3, 0.4) is 0 Å². The van der Waals surface area contributed by atoms with Gasteiger partial charge in [0.05, 0.1) is 17.9 Å². The largest absolute Gasteiger partial charge is 0.347 e. The van der Waals surface area contributed by atoms with Gasteiger partial charge in [0.1, 0.15) is 5.54 Å². The highest BCUT2D eigenvalue weighted by Gasteiger charge is 2.30. The molecule has 0 fully saturated rings. The van der Waals surface area contributed by atoms with E-state index in [1.165, 1.54) is 0 Å². The van der Waals surface area contributed by atoms with Crippen molar-refractivity contribution in [2.45, 2.75) is 46.2 Å². The van der Waals surface area contributed by atoms with E-state index in [1.807, 2.05) is 79.8 Å². The Kier molecular flexibility index (Phi) is 4.72. The average Bonchev–Trinajstić information content (AvgIpc) is 3.25. The van der Waals surface area contributed by atoms with E-state index in [2.05, 4.69) is 29.5 Å². The van der Waals surface area contributed by atoms with Crippen LogP contribution in [0.4, 0.5) is 0 Å². The second kappa shape index (κ2) is 6.83. The zero-order valence-corrected chi connectivity index (χ0v) is 16.0. The molecule has 0 aliphatic heterocycles. The van der Waals surface area contributed by atoms with Crippen molar-refractivity contribution in [1.29, 1.82) is 0 Å². The molecule has 1 N–H and O–H groups in total. The summed E-state index contributed by atoms with van der Waals surface area (Å²) in [4.78, 5) is 12.8. The van der Waals surface area contributed by atoms with Crippen LogP contribution in [0, 0.1) is 13.8 Å². The van der Waals surface area contributed by atoms with Crippen molar-refractivity contribution in [3.63, 3.8) is 0 Å². The molecule has 3 aromatic rings. The molecule has 2 aromatic heterocycles. The van der Waals surface area contributed by atoms with E-state index in [9.17, 15) is 4.79 Å². The molecule has 0 saturated heterocycles. The lowest BCUT2D eigenvalue weighted by Crippen LogP contribution is -2.44. The zero-order chi connectivity index (χ0) is 18.9. The number of nitrogens with zero attached hydrogens (tertiary/aromatic N) is 3. The smallest absolute Gasteiger partial charge is 0.246 e. The standard InChI is InChI=1S/C21H26N4O/c1-15-10-6-7-11-19(15)25-17(3)18(14-22-25)16(2)23-20(26)21(4,5)24-12-8-9-13-24/h6-14,16H,1-5H3,(H,23,26)/t16-/m1/s1. The summed E-state index contributed by atoms with van der Waals surface area (Å²) in [6, 6.07) is 11.9. The van der Waals surface area contributed by atoms with E-state index < -0.39 is 5.54 Å². The van der Waals surface area contributed by atoms with Crippen LogP contribution in [0.2, 0.25) is 0 Å². The van der Waals surface area contributed by atoms with Crippen molar-refractivity contribution in [1.82, 2.24) is 19.7 Å². The van der Waals surface area contributed by atoms with Gasteiger partial charge in [0, 0.05) is 23.7 Å². The lowest BCUT2D eigenvalue weighted by molar-refractivity contribution is -0.129. The number of hydrogen-bond acceptors (Lipinski definition) is 2. The van der Waals surface area contributed by atoms with E-state index in [4.69, 9.17) is 0 Å². The van der Waals surface area contributed by atoms with Gasteiger partial charge in [0.2, 0.25) is 5.91 Å². The van der Waals surface area contributed by atoms with Crippen LogP contribution in [-0.2, 0) is 10.3 Å².